The molecule has 2 atom stereocenters. The number of aryl methyl sites for hydroxylation is 2. The Morgan fingerprint density at radius 2 is 1.42 bits per heavy atom. The zero-order valence-electron chi connectivity index (χ0n) is 14.8. The average Bonchev–Trinajstić information content (AvgIpc) is 3.03. The van der Waals surface area contributed by atoms with Gasteiger partial charge in [-0.1, -0.05) is 12.1 Å². The average molecular weight is 422 g/mol. The van der Waals surface area contributed by atoms with Crippen molar-refractivity contribution in [2.45, 2.75) is 43.7 Å². The summed E-state index contributed by atoms with van der Waals surface area (Å²) in [6.45, 7) is 3.46. The summed E-state index contributed by atoms with van der Waals surface area (Å²) in [5.74, 6) is -0.660. The molecule has 0 aromatic heterocycles. The van der Waals surface area contributed by atoms with Gasteiger partial charge in [0.05, 0.1) is 27.9 Å². The summed E-state index contributed by atoms with van der Waals surface area (Å²) >= 11 is 0. The molecule has 0 bridgehead atoms. The Labute approximate surface area is 155 Å². The Kier molecular flexibility index (Phi) is 5.00. The second-order valence-corrected chi connectivity index (χ2v) is 13.5. The van der Waals surface area contributed by atoms with E-state index in [0.717, 1.165) is 5.56 Å². The lowest BCUT2D eigenvalue weighted by atomic mass is 10.2. The number of nitrogens with zero attached hydrogens (tertiary/aromatic N) is 1. The van der Waals surface area contributed by atoms with Crippen LogP contribution < -0.4 is 0 Å². The van der Waals surface area contributed by atoms with Crippen molar-refractivity contribution in [3.05, 3.63) is 29.3 Å². The zero-order chi connectivity index (χ0) is 19.3. The number of hydrogen-bond acceptors (Lipinski definition) is 6. The Balaban J connectivity index is 2.09. The smallest absolute Gasteiger partial charge is 0.229 e. The molecule has 0 radical (unpaired) electrons. The molecule has 10 heteroatoms. The second kappa shape index (κ2) is 6.57. The van der Waals surface area contributed by atoms with E-state index in [1.807, 2.05) is 0 Å². The highest BCUT2D eigenvalue weighted by molar-refractivity contribution is 7.92. The molecule has 2 saturated heterocycles. The van der Waals surface area contributed by atoms with Gasteiger partial charge in [0.2, 0.25) is 10.0 Å². The van der Waals surface area contributed by atoms with E-state index in [1.54, 1.807) is 32.0 Å². The fourth-order valence-corrected chi connectivity index (χ4v) is 9.53. The molecule has 0 unspecified atom stereocenters. The van der Waals surface area contributed by atoms with Crippen LogP contribution in [0, 0.1) is 13.8 Å². The third-order valence-corrected chi connectivity index (χ3v) is 10.7. The van der Waals surface area contributed by atoms with Gasteiger partial charge in [0.25, 0.3) is 0 Å². The SMILES string of the molecule is Cc1ccc(C)c(S(=O)(=O)N([C@@H]2CCS(=O)(=O)C2)[C@H]2CCS(=O)(=O)C2)c1. The monoisotopic (exact) mass is 421 g/mol. The lowest BCUT2D eigenvalue weighted by molar-refractivity contribution is 0.280. The summed E-state index contributed by atoms with van der Waals surface area (Å²) in [6, 6.07) is 3.63. The summed E-state index contributed by atoms with van der Waals surface area (Å²) in [5, 5.41) is 0. The molecule has 1 aromatic carbocycles. The van der Waals surface area contributed by atoms with Gasteiger partial charge in [-0.15, -0.1) is 0 Å². The molecule has 0 amide bonds. The van der Waals surface area contributed by atoms with Crippen LogP contribution in [0.1, 0.15) is 24.0 Å². The van der Waals surface area contributed by atoms with Crippen LogP contribution in [0.25, 0.3) is 0 Å². The van der Waals surface area contributed by atoms with Gasteiger partial charge in [-0.2, -0.15) is 4.31 Å². The van der Waals surface area contributed by atoms with Crippen LogP contribution in [-0.4, -0.2) is 64.7 Å². The predicted molar refractivity (Wildman–Crippen MR) is 99.1 cm³/mol. The highest BCUT2D eigenvalue weighted by atomic mass is 32.2. The fourth-order valence-electron chi connectivity index (χ4n) is 3.74. The van der Waals surface area contributed by atoms with Crippen molar-refractivity contribution in [1.82, 2.24) is 4.31 Å². The number of sulfone groups is 2. The van der Waals surface area contributed by atoms with E-state index >= 15 is 0 Å². The predicted octanol–water partition coefficient (Wildman–Crippen LogP) is 0.668. The van der Waals surface area contributed by atoms with Crippen LogP contribution in [0.3, 0.4) is 0 Å². The summed E-state index contributed by atoms with van der Waals surface area (Å²) in [6.07, 6.45) is 0.395. The van der Waals surface area contributed by atoms with Gasteiger partial charge in [0.15, 0.2) is 19.7 Å². The molecule has 2 fully saturated rings. The normalized spacial score (nSPS) is 27.8. The molecule has 2 aliphatic heterocycles. The molecule has 2 heterocycles. The minimum absolute atomic E-state index is 0.0735. The number of rotatable bonds is 4. The molecule has 0 N–H and O–H groups in total. The molecule has 0 saturated carbocycles. The first kappa shape index (κ1) is 19.8. The number of hydrogen-bond donors (Lipinski definition) is 0. The van der Waals surface area contributed by atoms with Gasteiger partial charge in [0.1, 0.15) is 0 Å². The van der Waals surface area contributed by atoms with Crippen LogP contribution in [-0.2, 0) is 29.7 Å². The van der Waals surface area contributed by atoms with Gasteiger partial charge in [-0.3, -0.25) is 0 Å². The van der Waals surface area contributed by atoms with Crippen molar-refractivity contribution in [3.63, 3.8) is 0 Å². The Morgan fingerprint density at radius 1 is 0.923 bits per heavy atom. The van der Waals surface area contributed by atoms with Crippen LogP contribution in [0.5, 0.6) is 0 Å². The number of sulfonamides is 1. The molecule has 7 nitrogen and oxygen atoms in total. The first-order valence-corrected chi connectivity index (χ1v) is 13.5. The van der Waals surface area contributed by atoms with Crippen LogP contribution >= 0.6 is 0 Å². The van der Waals surface area contributed by atoms with Gasteiger partial charge in [-0.05, 0) is 43.9 Å². The molecule has 146 valence electrons. The van der Waals surface area contributed by atoms with E-state index in [-0.39, 0.29) is 40.7 Å². The van der Waals surface area contributed by atoms with E-state index in [9.17, 15) is 25.3 Å². The highest BCUT2D eigenvalue weighted by Gasteiger charge is 2.46. The van der Waals surface area contributed by atoms with Crippen molar-refractivity contribution < 1.29 is 25.3 Å². The first-order valence-electron chi connectivity index (χ1n) is 8.43. The van der Waals surface area contributed by atoms with E-state index in [4.69, 9.17) is 0 Å². The summed E-state index contributed by atoms with van der Waals surface area (Å²) < 4.78 is 75.8. The maximum Gasteiger partial charge on any atom is 0.243 e. The van der Waals surface area contributed by atoms with Gasteiger partial charge in [-0.25, -0.2) is 25.3 Å². The van der Waals surface area contributed by atoms with E-state index < -0.39 is 41.8 Å². The van der Waals surface area contributed by atoms with Crippen molar-refractivity contribution in [1.29, 1.82) is 0 Å². The van der Waals surface area contributed by atoms with Gasteiger partial charge >= 0.3 is 0 Å². The van der Waals surface area contributed by atoms with Crippen LogP contribution in [0.4, 0.5) is 0 Å². The molecular weight excluding hydrogens is 398 g/mol. The van der Waals surface area contributed by atoms with Crippen LogP contribution in [0.15, 0.2) is 23.1 Å². The summed E-state index contributed by atoms with van der Waals surface area (Å²) in [5.41, 5.74) is 1.33. The fraction of sp³-hybridized carbons (Fsp3) is 0.625. The van der Waals surface area contributed by atoms with E-state index in [0.29, 0.717) is 5.56 Å². The van der Waals surface area contributed by atoms with E-state index in [1.165, 1.54) is 4.31 Å². The minimum atomic E-state index is -4.02. The molecule has 1 aromatic rings. The standard InChI is InChI=1S/C16H23NO6S3/c1-12-3-4-13(2)16(9-12)26(22,23)17(14-5-7-24(18,19)10-14)15-6-8-25(20,21)11-15/h3-4,9,14-15H,5-8,10-11H2,1-2H3/t14-,15+. The van der Waals surface area contributed by atoms with Crippen molar-refractivity contribution in [2.24, 2.45) is 0 Å². The van der Waals surface area contributed by atoms with Crippen molar-refractivity contribution in [3.8, 4) is 0 Å². The third-order valence-electron chi connectivity index (χ3n) is 5.04. The van der Waals surface area contributed by atoms with Crippen molar-refractivity contribution in [2.75, 3.05) is 23.0 Å². The van der Waals surface area contributed by atoms with E-state index in [2.05, 4.69) is 0 Å². The Hall–Kier alpha value is -0.970. The molecule has 0 aliphatic carbocycles. The summed E-state index contributed by atoms with van der Waals surface area (Å²) in [7, 11) is -10.6. The maximum atomic E-state index is 13.4. The highest BCUT2D eigenvalue weighted by Crippen LogP contribution is 2.32. The quantitative estimate of drug-likeness (QED) is 0.707. The largest absolute Gasteiger partial charge is 0.243 e. The lowest BCUT2D eigenvalue weighted by Gasteiger charge is -2.32. The second-order valence-electron chi connectivity index (χ2n) is 7.22. The van der Waals surface area contributed by atoms with Gasteiger partial charge < -0.3 is 0 Å². The Bertz CT molecular complexity index is 984. The topological polar surface area (TPSA) is 106 Å². The molecule has 3 rings (SSSR count). The Morgan fingerprint density at radius 3 is 1.85 bits per heavy atom. The van der Waals surface area contributed by atoms with Crippen molar-refractivity contribution >= 4 is 29.7 Å². The number of benzene rings is 1. The summed E-state index contributed by atoms with van der Waals surface area (Å²) in [4.78, 5) is 0.117. The molecule has 26 heavy (non-hydrogen) atoms. The molecular formula is C16H23NO6S3. The molecule has 2 aliphatic rings. The third kappa shape index (κ3) is 3.83. The molecule has 0 spiro atoms. The van der Waals surface area contributed by atoms with Crippen LogP contribution in [0.2, 0.25) is 0 Å². The minimum Gasteiger partial charge on any atom is -0.229 e. The van der Waals surface area contributed by atoms with Gasteiger partial charge in [0, 0.05) is 12.1 Å². The maximum absolute atomic E-state index is 13.4. The first-order chi connectivity index (χ1) is 11.9. The lowest BCUT2D eigenvalue weighted by Crippen LogP contribution is -2.48. The zero-order valence-corrected chi connectivity index (χ0v) is 17.2.